The predicted molar refractivity (Wildman–Crippen MR) is 125 cm³/mol. The number of nitrogens with one attached hydrogen (secondary N) is 1. The van der Waals surface area contributed by atoms with Gasteiger partial charge in [0.25, 0.3) is 5.91 Å². The first kappa shape index (κ1) is 23.9. The lowest BCUT2D eigenvalue weighted by molar-refractivity contribution is 0.0698. The fourth-order valence-corrected chi connectivity index (χ4v) is 7.01. The number of rotatable bonds is 6. The SMILES string of the molecule is Cc1ccc(S(=O)(=O)N2CCN(C(=O)c3ccc(S(=O)(=O)NC4CCCC4)cc3)CC2)cc1. The van der Waals surface area contributed by atoms with Crippen LogP contribution in [0.15, 0.2) is 58.3 Å². The molecule has 0 radical (unpaired) electrons. The van der Waals surface area contributed by atoms with Gasteiger partial charge in [-0.25, -0.2) is 21.6 Å². The largest absolute Gasteiger partial charge is 0.336 e. The average molecular weight is 492 g/mol. The van der Waals surface area contributed by atoms with Crippen molar-refractivity contribution in [3.63, 3.8) is 0 Å². The molecule has 0 spiro atoms. The summed E-state index contributed by atoms with van der Waals surface area (Å²) in [6, 6.07) is 12.6. The Balaban J connectivity index is 1.38. The zero-order valence-electron chi connectivity index (χ0n) is 18.6. The highest BCUT2D eigenvalue weighted by molar-refractivity contribution is 7.89. The standard InChI is InChI=1S/C23H29N3O5S2/c1-18-6-10-22(11-7-18)33(30,31)26-16-14-25(15-17-26)23(27)19-8-12-21(13-9-19)32(28,29)24-20-4-2-3-5-20/h6-13,20,24H,2-5,14-17H2,1H3. The van der Waals surface area contributed by atoms with Crippen molar-refractivity contribution in [3.8, 4) is 0 Å². The second-order valence-corrected chi connectivity index (χ2v) is 12.3. The van der Waals surface area contributed by atoms with E-state index in [1.54, 1.807) is 29.2 Å². The molecule has 4 rings (SSSR count). The van der Waals surface area contributed by atoms with Gasteiger partial charge in [0.05, 0.1) is 9.79 Å². The lowest BCUT2D eigenvalue weighted by Crippen LogP contribution is -2.50. The molecule has 2 aromatic rings. The topological polar surface area (TPSA) is 104 Å². The molecule has 1 amide bonds. The van der Waals surface area contributed by atoms with E-state index in [9.17, 15) is 21.6 Å². The summed E-state index contributed by atoms with van der Waals surface area (Å²) in [5.41, 5.74) is 1.36. The number of piperazine rings is 1. The summed E-state index contributed by atoms with van der Waals surface area (Å²) in [4.78, 5) is 14.9. The summed E-state index contributed by atoms with van der Waals surface area (Å²) in [7, 11) is -7.22. The fraction of sp³-hybridized carbons (Fsp3) is 0.435. The van der Waals surface area contributed by atoms with Crippen LogP contribution >= 0.6 is 0 Å². The maximum Gasteiger partial charge on any atom is 0.253 e. The Morgan fingerprint density at radius 3 is 1.94 bits per heavy atom. The first-order valence-corrected chi connectivity index (χ1v) is 14.1. The van der Waals surface area contributed by atoms with Gasteiger partial charge in [-0.15, -0.1) is 0 Å². The summed E-state index contributed by atoms with van der Waals surface area (Å²) < 4.78 is 55.0. The van der Waals surface area contributed by atoms with Crippen LogP contribution in [-0.2, 0) is 20.0 Å². The van der Waals surface area contributed by atoms with E-state index in [4.69, 9.17) is 0 Å². The number of hydrogen-bond donors (Lipinski definition) is 1. The van der Waals surface area contributed by atoms with Crippen molar-refractivity contribution in [3.05, 3.63) is 59.7 Å². The van der Waals surface area contributed by atoms with Gasteiger partial charge in [0.1, 0.15) is 0 Å². The van der Waals surface area contributed by atoms with Crippen LogP contribution in [0, 0.1) is 6.92 Å². The van der Waals surface area contributed by atoms with Crippen LogP contribution < -0.4 is 4.72 Å². The molecule has 2 fully saturated rings. The van der Waals surface area contributed by atoms with Crippen molar-refractivity contribution in [2.75, 3.05) is 26.2 Å². The number of aryl methyl sites for hydroxylation is 1. The van der Waals surface area contributed by atoms with Gasteiger partial charge in [-0.2, -0.15) is 4.31 Å². The van der Waals surface area contributed by atoms with Gasteiger partial charge in [0.15, 0.2) is 0 Å². The van der Waals surface area contributed by atoms with E-state index in [0.717, 1.165) is 31.2 Å². The smallest absolute Gasteiger partial charge is 0.253 e. The minimum atomic E-state index is -3.61. The summed E-state index contributed by atoms with van der Waals surface area (Å²) >= 11 is 0. The summed E-state index contributed by atoms with van der Waals surface area (Å²) in [5.74, 6) is -0.241. The summed E-state index contributed by atoms with van der Waals surface area (Å²) in [6.07, 6.45) is 3.75. The van der Waals surface area contributed by atoms with Crippen LogP contribution in [0.25, 0.3) is 0 Å². The molecule has 10 heteroatoms. The average Bonchev–Trinajstić information content (AvgIpc) is 3.31. The zero-order valence-corrected chi connectivity index (χ0v) is 20.2. The van der Waals surface area contributed by atoms with Crippen molar-refractivity contribution in [2.45, 2.75) is 48.4 Å². The Morgan fingerprint density at radius 2 is 1.36 bits per heavy atom. The summed E-state index contributed by atoms with van der Waals surface area (Å²) in [6.45, 7) is 2.86. The molecule has 0 unspecified atom stereocenters. The molecule has 8 nitrogen and oxygen atoms in total. The molecule has 2 aromatic carbocycles. The van der Waals surface area contributed by atoms with Crippen LogP contribution in [0.4, 0.5) is 0 Å². The number of carbonyl (C=O) groups excluding carboxylic acids is 1. The molecule has 0 bridgehead atoms. The predicted octanol–water partition coefficient (Wildman–Crippen LogP) is 2.36. The number of sulfonamides is 2. The van der Waals surface area contributed by atoms with E-state index in [1.807, 2.05) is 6.92 Å². The third-order valence-electron chi connectivity index (χ3n) is 6.27. The molecular formula is C23H29N3O5S2. The molecule has 0 aromatic heterocycles. The van der Waals surface area contributed by atoms with Crippen molar-refractivity contribution < 1.29 is 21.6 Å². The maximum atomic E-state index is 12.9. The van der Waals surface area contributed by atoms with Gasteiger partial charge in [0, 0.05) is 37.8 Å². The van der Waals surface area contributed by atoms with Crippen molar-refractivity contribution >= 4 is 26.0 Å². The molecule has 1 saturated carbocycles. The van der Waals surface area contributed by atoms with E-state index in [2.05, 4.69) is 4.72 Å². The number of amides is 1. The lowest BCUT2D eigenvalue weighted by Gasteiger charge is -2.34. The van der Waals surface area contributed by atoms with Crippen molar-refractivity contribution in [1.82, 2.24) is 13.9 Å². The third kappa shape index (κ3) is 5.29. The number of hydrogen-bond acceptors (Lipinski definition) is 5. The number of benzene rings is 2. The van der Waals surface area contributed by atoms with E-state index in [1.165, 1.54) is 28.6 Å². The van der Waals surface area contributed by atoms with Gasteiger partial charge >= 0.3 is 0 Å². The van der Waals surface area contributed by atoms with E-state index in [-0.39, 0.29) is 47.9 Å². The molecule has 2 aliphatic rings. The fourth-order valence-electron chi connectivity index (χ4n) is 4.28. The van der Waals surface area contributed by atoms with Gasteiger partial charge in [-0.05, 0) is 56.2 Å². The van der Waals surface area contributed by atoms with Gasteiger partial charge in [-0.3, -0.25) is 4.79 Å². The Labute approximate surface area is 195 Å². The van der Waals surface area contributed by atoms with Crippen molar-refractivity contribution in [2.24, 2.45) is 0 Å². The first-order valence-electron chi connectivity index (χ1n) is 11.2. The molecule has 178 valence electrons. The minimum absolute atomic E-state index is 0.0243. The van der Waals surface area contributed by atoms with Gasteiger partial charge in [0.2, 0.25) is 20.0 Å². The van der Waals surface area contributed by atoms with E-state index in [0.29, 0.717) is 5.56 Å². The summed E-state index contributed by atoms with van der Waals surface area (Å²) in [5, 5.41) is 0. The zero-order chi connectivity index (χ0) is 23.6. The molecule has 1 heterocycles. The van der Waals surface area contributed by atoms with E-state index < -0.39 is 20.0 Å². The Kier molecular flexibility index (Phi) is 6.90. The highest BCUT2D eigenvalue weighted by atomic mass is 32.2. The molecular weight excluding hydrogens is 462 g/mol. The van der Waals surface area contributed by atoms with Gasteiger partial charge in [-0.1, -0.05) is 30.5 Å². The van der Waals surface area contributed by atoms with Crippen LogP contribution in [0.3, 0.4) is 0 Å². The maximum absolute atomic E-state index is 12.9. The monoisotopic (exact) mass is 491 g/mol. The van der Waals surface area contributed by atoms with Crippen LogP contribution in [0.1, 0.15) is 41.6 Å². The normalized spacial score (nSPS) is 18.5. The quantitative estimate of drug-likeness (QED) is 0.668. The Morgan fingerprint density at radius 1 is 0.818 bits per heavy atom. The minimum Gasteiger partial charge on any atom is -0.336 e. The molecule has 1 saturated heterocycles. The lowest BCUT2D eigenvalue weighted by atomic mass is 10.2. The second-order valence-electron chi connectivity index (χ2n) is 8.64. The number of nitrogens with zero attached hydrogens (tertiary/aromatic N) is 2. The highest BCUT2D eigenvalue weighted by Crippen LogP contribution is 2.22. The van der Waals surface area contributed by atoms with Crippen LogP contribution in [0.2, 0.25) is 0 Å². The van der Waals surface area contributed by atoms with Crippen LogP contribution in [-0.4, -0.2) is 64.2 Å². The number of carbonyl (C=O) groups is 1. The Hall–Kier alpha value is -2.27. The van der Waals surface area contributed by atoms with E-state index >= 15 is 0 Å². The molecule has 1 N–H and O–H groups in total. The Bertz CT molecular complexity index is 1200. The molecule has 1 aliphatic heterocycles. The molecule has 33 heavy (non-hydrogen) atoms. The first-order chi connectivity index (χ1) is 15.7. The second kappa shape index (κ2) is 9.54. The molecule has 1 aliphatic carbocycles. The highest BCUT2D eigenvalue weighted by Gasteiger charge is 2.30. The van der Waals surface area contributed by atoms with Gasteiger partial charge < -0.3 is 4.90 Å². The van der Waals surface area contributed by atoms with Crippen molar-refractivity contribution in [1.29, 1.82) is 0 Å². The third-order valence-corrected chi connectivity index (χ3v) is 9.72. The van der Waals surface area contributed by atoms with Crippen LogP contribution in [0.5, 0.6) is 0 Å². The molecule has 0 atom stereocenters.